The number of aromatic nitrogens is 2. The lowest BCUT2D eigenvalue weighted by Gasteiger charge is -2.01. The molecule has 128 valence electrons. The van der Waals surface area contributed by atoms with Gasteiger partial charge in [0.2, 0.25) is 0 Å². The van der Waals surface area contributed by atoms with Gasteiger partial charge in [0.25, 0.3) is 5.56 Å². The summed E-state index contributed by atoms with van der Waals surface area (Å²) in [7, 11) is 0. The lowest BCUT2D eigenvalue weighted by atomic mass is 10.1. The Morgan fingerprint density at radius 3 is 2.69 bits per heavy atom. The van der Waals surface area contributed by atoms with Gasteiger partial charge in [0.15, 0.2) is 0 Å². The maximum Gasteiger partial charge on any atom is 0.283 e. The Morgan fingerprint density at radius 1 is 1.12 bits per heavy atom. The zero-order valence-electron chi connectivity index (χ0n) is 13.3. The van der Waals surface area contributed by atoms with Crippen molar-refractivity contribution in [2.24, 2.45) is 5.10 Å². The molecule has 2 aromatic carbocycles. The molecule has 7 heteroatoms. The van der Waals surface area contributed by atoms with Crippen LogP contribution in [-0.4, -0.2) is 15.9 Å². The van der Waals surface area contributed by atoms with Gasteiger partial charge in [0.05, 0.1) is 11.6 Å². The van der Waals surface area contributed by atoms with Crippen molar-refractivity contribution in [3.05, 3.63) is 87.8 Å². The minimum Gasteiger partial charge on any atom is -0.267 e. The zero-order valence-corrected chi connectivity index (χ0v) is 14.1. The minimum absolute atomic E-state index is 0.0759. The Bertz CT molecular complexity index is 1180. The van der Waals surface area contributed by atoms with E-state index >= 15 is 0 Å². The molecule has 0 saturated heterocycles. The largest absolute Gasteiger partial charge is 0.283 e. The molecule has 4 nitrogen and oxygen atoms in total. The molecular formula is C19H11F2N3OS. The van der Waals surface area contributed by atoms with Crippen LogP contribution < -0.4 is 5.56 Å². The quantitative estimate of drug-likeness (QED) is 0.507. The van der Waals surface area contributed by atoms with Crippen LogP contribution in [0.25, 0.3) is 21.3 Å². The van der Waals surface area contributed by atoms with Gasteiger partial charge in [-0.2, -0.15) is 9.78 Å². The second-order valence-electron chi connectivity index (χ2n) is 5.50. The molecule has 0 unspecified atom stereocenters. The van der Waals surface area contributed by atoms with Gasteiger partial charge in [-0.1, -0.05) is 30.3 Å². The fourth-order valence-electron chi connectivity index (χ4n) is 2.57. The third-order valence-corrected chi connectivity index (χ3v) is 4.73. The van der Waals surface area contributed by atoms with Crippen LogP contribution in [0.5, 0.6) is 0 Å². The highest BCUT2D eigenvalue weighted by Crippen LogP contribution is 2.30. The maximum atomic E-state index is 13.7. The fraction of sp³-hybridized carbons (Fsp3) is 0. The number of thiophene rings is 1. The van der Waals surface area contributed by atoms with E-state index in [2.05, 4.69) is 10.1 Å². The van der Waals surface area contributed by atoms with E-state index in [1.807, 2.05) is 35.7 Å². The van der Waals surface area contributed by atoms with E-state index in [-0.39, 0.29) is 11.1 Å². The van der Waals surface area contributed by atoms with E-state index < -0.39 is 11.6 Å². The third kappa shape index (κ3) is 2.93. The molecular weight excluding hydrogens is 356 g/mol. The first-order chi connectivity index (χ1) is 12.6. The Balaban J connectivity index is 1.81. The van der Waals surface area contributed by atoms with Crippen molar-refractivity contribution in [3.63, 3.8) is 0 Å². The van der Waals surface area contributed by atoms with Gasteiger partial charge >= 0.3 is 0 Å². The number of benzene rings is 2. The van der Waals surface area contributed by atoms with Gasteiger partial charge in [0.1, 0.15) is 22.8 Å². The van der Waals surface area contributed by atoms with Crippen molar-refractivity contribution in [1.82, 2.24) is 9.66 Å². The summed E-state index contributed by atoms with van der Waals surface area (Å²) < 4.78 is 27.7. The Labute approximate surface area is 150 Å². The van der Waals surface area contributed by atoms with Gasteiger partial charge in [-0.05, 0) is 17.7 Å². The second-order valence-corrected chi connectivity index (χ2v) is 6.36. The number of hydrogen-bond acceptors (Lipinski definition) is 4. The minimum atomic E-state index is -0.753. The first-order valence-corrected chi connectivity index (χ1v) is 8.55. The molecule has 0 aliphatic heterocycles. The van der Waals surface area contributed by atoms with E-state index in [1.54, 1.807) is 0 Å². The molecule has 0 bridgehead atoms. The molecule has 0 radical (unpaired) electrons. The van der Waals surface area contributed by atoms with Crippen molar-refractivity contribution in [3.8, 4) is 11.1 Å². The molecule has 0 N–H and O–H groups in total. The van der Waals surface area contributed by atoms with Crippen molar-refractivity contribution in [1.29, 1.82) is 0 Å². The van der Waals surface area contributed by atoms with Crippen molar-refractivity contribution in [2.45, 2.75) is 0 Å². The summed E-state index contributed by atoms with van der Waals surface area (Å²) in [6, 6.07) is 12.7. The molecule has 2 aromatic heterocycles. The summed E-state index contributed by atoms with van der Waals surface area (Å²) in [6.07, 6.45) is 2.45. The molecule has 26 heavy (non-hydrogen) atoms. The van der Waals surface area contributed by atoms with E-state index in [0.29, 0.717) is 10.2 Å². The van der Waals surface area contributed by atoms with Gasteiger partial charge in [-0.3, -0.25) is 4.79 Å². The van der Waals surface area contributed by atoms with E-state index in [1.165, 1.54) is 23.7 Å². The highest BCUT2D eigenvalue weighted by atomic mass is 32.1. The fourth-order valence-corrected chi connectivity index (χ4v) is 3.47. The van der Waals surface area contributed by atoms with Crippen LogP contribution in [0.1, 0.15) is 5.56 Å². The summed E-state index contributed by atoms with van der Waals surface area (Å²) in [5.74, 6) is -1.43. The number of halogens is 2. The van der Waals surface area contributed by atoms with Crippen LogP contribution in [0.15, 0.2) is 70.1 Å². The molecule has 0 fully saturated rings. The molecule has 2 heterocycles. The van der Waals surface area contributed by atoms with Crippen LogP contribution in [0.4, 0.5) is 8.78 Å². The van der Waals surface area contributed by atoms with Crippen molar-refractivity contribution >= 4 is 27.8 Å². The molecule has 4 aromatic rings. The highest BCUT2D eigenvalue weighted by molar-refractivity contribution is 7.17. The number of nitrogens with zero attached hydrogens (tertiary/aromatic N) is 3. The van der Waals surface area contributed by atoms with Gasteiger partial charge < -0.3 is 0 Å². The first kappa shape index (κ1) is 16.3. The van der Waals surface area contributed by atoms with Crippen LogP contribution in [-0.2, 0) is 0 Å². The third-order valence-electron chi connectivity index (χ3n) is 3.85. The predicted octanol–water partition coefficient (Wildman–Crippen LogP) is 4.29. The maximum absolute atomic E-state index is 13.7. The average molecular weight is 367 g/mol. The highest BCUT2D eigenvalue weighted by Gasteiger charge is 2.13. The van der Waals surface area contributed by atoms with Gasteiger partial charge in [-0.25, -0.2) is 13.8 Å². The molecule has 0 atom stereocenters. The summed E-state index contributed by atoms with van der Waals surface area (Å²) in [6.45, 7) is 0. The lowest BCUT2D eigenvalue weighted by Crippen LogP contribution is -2.16. The monoisotopic (exact) mass is 367 g/mol. The molecule has 0 aliphatic carbocycles. The van der Waals surface area contributed by atoms with Gasteiger partial charge in [-0.15, -0.1) is 11.3 Å². The van der Waals surface area contributed by atoms with E-state index in [0.717, 1.165) is 34.2 Å². The number of fused-ring (bicyclic) bond motifs is 1. The molecule has 0 aliphatic rings. The first-order valence-electron chi connectivity index (χ1n) is 7.67. The Morgan fingerprint density at radius 2 is 1.92 bits per heavy atom. The zero-order chi connectivity index (χ0) is 18.1. The summed E-state index contributed by atoms with van der Waals surface area (Å²) in [4.78, 5) is 17.7. The molecule has 0 amide bonds. The SMILES string of the molecule is O=c1c2c(-c3ccccc3)csc2ncn1N=Cc1ccc(F)cc1F. The van der Waals surface area contributed by atoms with E-state index in [9.17, 15) is 13.6 Å². The van der Waals surface area contributed by atoms with Crippen LogP contribution in [0, 0.1) is 11.6 Å². The number of hydrogen-bond donors (Lipinski definition) is 0. The lowest BCUT2D eigenvalue weighted by molar-refractivity contribution is 0.582. The van der Waals surface area contributed by atoms with E-state index in [4.69, 9.17) is 0 Å². The van der Waals surface area contributed by atoms with Crippen molar-refractivity contribution < 1.29 is 8.78 Å². The average Bonchev–Trinajstić information content (AvgIpc) is 3.08. The van der Waals surface area contributed by atoms with Crippen LogP contribution in [0.3, 0.4) is 0 Å². The van der Waals surface area contributed by atoms with Gasteiger partial charge in [0, 0.05) is 22.6 Å². The van der Waals surface area contributed by atoms with Crippen LogP contribution >= 0.6 is 11.3 Å². The van der Waals surface area contributed by atoms with Crippen LogP contribution in [0.2, 0.25) is 0 Å². The predicted molar refractivity (Wildman–Crippen MR) is 98.7 cm³/mol. The Hall–Kier alpha value is -3.19. The normalized spacial score (nSPS) is 11.5. The smallest absolute Gasteiger partial charge is 0.267 e. The second kappa shape index (κ2) is 6.61. The summed E-state index contributed by atoms with van der Waals surface area (Å²) >= 11 is 1.37. The molecule has 0 spiro atoms. The Kier molecular flexibility index (Phi) is 4.14. The summed E-state index contributed by atoms with van der Waals surface area (Å²) in [5.41, 5.74) is 1.41. The topological polar surface area (TPSA) is 47.2 Å². The molecule has 4 rings (SSSR count). The van der Waals surface area contributed by atoms with Crippen molar-refractivity contribution in [2.75, 3.05) is 0 Å². The molecule has 0 saturated carbocycles. The summed E-state index contributed by atoms with van der Waals surface area (Å²) in [5, 5.41) is 6.33. The number of rotatable bonds is 3. The standard InChI is InChI=1S/C19H11F2N3OS/c20-14-7-6-13(16(21)8-14)9-23-24-11-22-18-17(19(24)25)15(10-26-18)12-4-2-1-3-5-12/h1-11H.